The van der Waals surface area contributed by atoms with Gasteiger partial charge in [-0.3, -0.25) is 4.79 Å². The van der Waals surface area contributed by atoms with Crippen LogP contribution in [-0.4, -0.2) is 47.0 Å². The first-order valence-electron chi connectivity index (χ1n) is 12.7. The summed E-state index contributed by atoms with van der Waals surface area (Å²) in [7, 11) is 2.91. The average Bonchev–Trinajstić information content (AvgIpc) is 2.93. The molecule has 2 aromatic carbocycles. The zero-order chi connectivity index (χ0) is 30.3. The lowest BCUT2D eigenvalue weighted by Crippen LogP contribution is -2.44. The van der Waals surface area contributed by atoms with E-state index in [1.54, 1.807) is 30.5 Å². The third-order valence-corrected chi connectivity index (χ3v) is 7.71. The largest absolute Gasteiger partial charge is 0.495 e. The molecule has 2 aromatic heterocycles. The minimum absolute atomic E-state index is 0.115. The Hall–Kier alpha value is -4.22. The van der Waals surface area contributed by atoms with E-state index >= 15 is 0 Å². The van der Waals surface area contributed by atoms with Crippen molar-refractivity contribution in [2.24, 2.45) is 5.73 Å². The van der Waals surface area contributed by atoms with E-state index in [0.29, 0.717) is 44.9 Å². The average molecular weight is 615 g/mol. The molecule has 0 spiro atoms. The van der Waals surface area contributed by atoms with Gasteiger partial charge in [0.05, 0.1) is 35.6 Å². The number of primary amides is 1. The van der Waals surface area contributed by atoms with E-state index in [0.717, 1.165) is 5.56 Å². The lowest BCUT2D eigenvalue weighted by atomic mass is 9.88. The second-order valence-corrected chi connectivity index (χ2v) is 10.6. The molecule has 1 fully saturated rings. The number of alkyl halides is 2. The molecule has 0 aliphatic heterocycles. The van der Waals surface area contributed by atoms with Crippen LogP contribution in [0.4, 0.5) is 26.2 Å². The van der Waals surface area contributed by atoms with E-state index in [1.165, 1.54) is 14.2 Å². The molecular weight excluding hydrogens is 589 g/mol. The van der Waals surface area contributed by atoms with Crippen LogP contribution in [0, 0.1) is 6.92 Å². The summed E-state index contributed by atoms with van der Waals surface area (Å²) in [5.41, 5.74) is 8.43. The van der Waals surface area contributed by atoms with Crippen molar-refractivity contribution in [3.05, 3.63) is 64.3 Å². The van der Waals surface area contributed by atoms with Crippen LogP contribution in [0.5, 0.6) is 11.5 Å². The summed E-state index contributed by atoms with van der Waals surface area (Å²) in [6.45, 7) is 5.64. The fraction of sp³-hybridized carbons (Fsp3) is 0.241. The minimum atomic E-state index is -2.76. The first-order valence-corrected chi connectivity index (χ1v) is 13.5. The fourth-order valence-corrected chi connectivity index (χ4v) is 5.42. The Balaban J connectivity index is 1.65. The molecule has 2 heterocycles. The quantitative estimate of drug-likeness (QED) is 0.176. The highest BCUT2D eigenvalue weighted by atomic mass is 35.5. The van der Waals surface area contributed by atoms with Crippen LogP contribution in [0.2, 0.25) is 10.0 Å². The molecule has 0 bridgehead atoms. The van der Waals surface area contributed by atoms with E-state index in [1.807, 2.05) is 13.0 Å². The Morgan fingerprint density at radius 1 is 1.12 bits per heavy atom. The van der Waals surface area contributed by atoms with Crippen LogP contribution in [0.1, 0.15) is 24.0 Å². The highest BCUT2D eigenvalue weighted by Crippen LogP contribution is 2.47. The second-order valence-electron chi connectivity index (χ2n) is 9.84. The molecule has 4 aromatic rings. The Labute approximate surface area is 250 Å². The summed E-state index contributed by atoms with van der Waals surface area (Å²) in [4.78, 5) is 25.7. The minimum Gasteiger partial charge on any atom is -0.495 e. The normalized spacial score (nSPS) is 14.3. The van der Waals surface area contributed by atoms with E-state index < -0.39 is 17.9 Å². The molecule has 0 saturated heterocycles. The van der Waals surface area contributed by atoms with Gasteiger partial charge >= 0.3 is 0 Å². The van der Waals surface area contributed by atoms with Gasteiger partial charge in [-0.1, -0.05) is 48.0 Å². The maximum Gasteiger partial charge on any atom is 0.252 e. The zero-order valence-electron chi connectivity index (χ0n) is 22.8. The van der Waals surface area contributed by atoms with Crippen molar-refractivity contribution in [2.45, 2.75) is 31.7 Å². The molecule has 0 atom stereocenters. The topological polar surface area (TPSA) is 124 Å². The maximum absolute atomic E-state index is 13.7. The van der Waals surface area contributed by atoms with Gasteiger partial charge < -0.3 is 25.8 Å². The lowest BCUT2D eigenvalue weighted by molar-refractivity contribution is -0.112. The van der Waals surface area contributed by atoms with E-state index in [2.05, 4.69) is 27.2 Å². The van der Waals surface area contributed by atoms with Gasteiger partial charge in [0.1, 0.15) is 17.0 Å². The number of hydrogen-bond acceptors (Lipinski definition) is 8. The summed E-state index contributed by atoms with van der Waals surface area (Å²) in [5, 5.41) is 7.15. The number of para-hydroxylation sites is 1. The Kier molecular flexibility index (Phi) is 7.82. The first-order chi connectivity index (χ1) is 19.9. The van der Waals surface area contributed by atoms with Gasteiger partial charge in [0.15, 0.2) is 5.82 Å². The number of anilines is 3. The van der Waals surface area contributed by atoms with Crippen molar-refractivity contribution >= 4 is 63.0 Å². The number of nitrogens with two attached hydrogens (primary N) is 1. The number of benzene rings is 2. The smallest absolute Gasteiger partial charge is 0.252 e. The third kappa shape index (κ3) is 5.49. The number of carbonyl (C=O) groups is 1. The van der Waals surface area contributed by atoms with Crippen LogP contribution in [0.3, 0.4) is 0 Å². The van der Waals surface area contributed by atoms with Gasteiger partial charge in [-0.2, -0.15) is 0 Å². The van der Waals surface area contributed by atoms with E-state index in [9.17, 15) is 13.6 Å². The number of fused-ring (bicyclic) bond motifs is 1. The number of amides is 1. The van der Waals surface area contributed by atoms with Crippen LogP contribution in [0.25, 0.3) is 27.7 Å². The number of nitrogens with one attached hydrogen (secondary N) is 2. The number of carbonyl (C=O) groups excluding carboxylic acids is 1. The van der Waals surface area contributed by atoms with Crippen molar-refractivity contribution < 1.29 is 23.0 Å². The number of aryl methyl sites for hydroxylation is 1. The SMILES string of the molecule is C=C(C(N)=O)c1cccc(C)c1Nc1ncc2cc(-c3c(Cl)c(OC)cc(OC)c3Cl)nc(NC3CC(F)(F)C3)c2n1. The zero-order valence-corrected chi connectivity index (χ0v) is 24.3. The summed E-state index contributed by atoms with van der Waals surface area (Å²) in [5.74, 6) is -2.41. The van der Waals surface area contributed by atoms with Gasteiger partial charge in [-0.25, -0.2) is 23.7 Å². The Morgan fingerprint density at radius 2 is 1.79 bits per heavy atom. The van der Waals surface area contributed by atoms with Crippen molar-refractivity contribution in [2.75, 3.05) is 24.9 Å². The van der Waals surface area contributed by atoms with Crippen LogP contribution in [-0.2, 0) is 4.79 Å². The molecule has 1 aliphatic carbocycles. The van der Waals surface area contributed by atoms with Crippen molar-refractivity contribution in [3.8, 4) is 22.8 Å². The molecule has 1 saturated carbocycles. The third-order valence-electron chi connectivity index (χ3n) is 6.96. The molecule has 0 unspecified atom stereocenters. The molecule has 218 valence electrons. The lowest BCUT2D eigenvalue weighted by Gasteiger charge is -2.35. The number of methoxy groups -OCH3 is 2. The monoisotopic (exact) mass is 614 g/mol. The summed E-state index contributed by atoms with van der Waals surface area (Å²) < 4.78 is 38.2. The molecule has 1 amide bonds. The number of nitrogens with zero attached hydrogens (tertiary/aromatic N) is 3. The number of aromatic nitrogens is 3. The van der Waals surface area contributed by atoms with Gasteiger partial charge in [0, 0.05) is 53.2 Å². The van der Waals surface area contributed by atoms with Gasteiger partial charge in [0.2, 0.25) is 11.9 Å². The highest BCUT2D eigenvalue weighted by Gasteiger charge is 2.45. The second kappa shape index (κ2) is 11.2. The van der Waals surface area contributed by atoms with Crippen molar-refractivity contribution in [1.82, 2.24) is 15.0 Å². The molecule has 5 rings (SSSR count). The molecule has 13 heteroatoms. The maximum atomic E-state index is 13.7. The highest BCUT2D eigenvalue weighted by molar-refractivity contribution is 6.41. The van der Waals surface area contributed by atoms with E-state index in [4.69, 9.17) is 43.4 Å². The first kappa shape index (κ1) is 29.3. The molecule has 4 N–H and O–H groups in total. The van der Waals surface area contributed by atoms with Crippen LogP contribution in [0.15, 0.2) is 43.1 Å². The van der Waals surface area contributed by atoms with Crippen LogP contribution < -0.4 is 25.8 Å². The Bertz CT molecular complexity index is 1710. The van der Waals surface area contributed by atoms with Crippen molar-refractivity contribution in [1.29, 1.82) is 0 Å². The van der Waals surface area contributed by atoms with Gasteiger partial charge in [0.25, 0.3) is 5.92 Å². The molecular formula is C29H26Cl2F2N6O3. The van der Waals surface area contributed by atoms with Gasteiger partial charge in [-0.05, 0) is 18.6 Å². The summed E-state index contributed by atoms with van der Waals surface area (Å²) in [6, 6.07) is 8.02. The number of hydrogen-bond donors (Lipinski definition) is 3. The van der Waals surface area contributed by atoms with Gasteiger partial charge in [-0.15, -0.1) is 0 Å². The van der Waals surface area contributed by atoms with E-state index in [-0.39, 0.29) is 40.2 Å². The predicted molar refractivity (Wildman–Crippen MR) is 160 cm³/mol. The number of pyridine rings is 1. The molecule has 42 heavy (non-hydrogen) atoms. The summed E-state index contributed by atoms with van der Waals surface area (Å²) >= 11 is 13.3. The predicted octanol–water partition coefficient (Wildman–Crippen LogP) is 6.78. The van der Waals surface area contributed by atoms with Crippen molar-refractivity contribution in [3.63, 3.8) is 0 Å². The molecule has 1 aliphatic rings. The summed E-state index contributed by atoms with van der Waals surface area (Å²) in [6.07, 6.45) is 0.843. The number of halogens is 4. The standard InChI is InChI=1S/C29H26Cl2F2N6O3/c1-13-6-5-7-17(14(2)26(34)40)24(13)38-28-35-12-15-8-18(21-22(30)19(41-3)9-20(42-4)23(21)31)37-27(25(15)39-28)36-16-10-29(32,33)11-16/h5-9,12,16H,2,10-11H2,1,3-4H3,(H2,34,40)(H,36,37)(H,35,38,39). The molecule has 0 radical (unpaired) electrons. The Morgan fingerprint density at radius 3 is 2.38 bits per heavy atom. The number of ether oxygens (including phenoxy) is 2. The number of rotatable bonds is 9. The molecule has 9 nitrogen and oxygen atoms in total. The fourth-order valence-electron chi connectivity index (χ4n) is 4.73. The van der Waals surface area contributed by atoms with Crippen LogP contribution >= 0.6 is 23.2 Å².